The normalized spacial score (nSPS) is 14.3. The zero-order valence-electron chi connectivity index (χ0n) is 30.7. The number of carbonyl (C=O) groups excluding carboxylic acids is 1. The van der Waals surface area contributed by atoms with Gasteiger partial charge in [-0.15, -0.1) is 13.2 Å². The summed E-state index contributed by atoms with van der Waals surface area (Å²) in [5.41, 5.74) is 5.71. The molecule has 280 valence electrons. The molecule has 0 heterocycles. The van der Waals surface area contributed by atoms with Crippen molar-refractivity contribution in [2.45, 2.75) is 146 Å². The molecule has 49 heavy (non-hydrogen) atoms. The van der Waals surface area contributed by atoms with Gasteiger partial charge in [0.25, 0.3) is 0 Å². The lowest BCUT2D eigenvalue weighted by atomic mass is 10.0. The Hall–Kier alpha value is -2.97. The van der Waals surface area contributed by atoms with Crippen LogP contribution in [0.3, 0.4) is 0 Å². The highest BCUT2D eigenvalue weighted by Gasteiger charge is 2.35. The molecule has 0 unspecified atom stereocenters. The molecule has 0 saturated heterocycles. The van der Waals surface area contributed by atoms with Crippen LogP contribution in [0.4, 0.5) is 0 Å². The number of ether oxygens (including phenoxy) is 1. The Labute approximate surface area is 301 Å². The minimum Gasteiger partial charge on any atom is -0.462 e. The number of benzene rings is 2. The molecule has 0 spiro atoms. The maximum atomic E-state index is 11.1. The van der Waals surface area contributed by atoms with E-state index in [9.17, 15) is 13.2 Å². The van der Waals surface area contributed by atoms with E-state index in [2.05, 4.69) is 87.1 Å². The van der Waals surface area contributed by atoms with Crippen molar-refractivity contribution in [3.05, 3.63) is 72.8 Å². The Morgan fingerprint density at radius 2 is 1.14 bits per heavy atom. The van der Waals surface area contributed by atoms with E-state index in [0.717, 1.165) is 54.4 Å². The molecule has 0 aromatic heterocycles. The Balaban J connectivity index is 0. The molecule has 8 heteroatoms. The van der Waals surface area contributed by atoms with Crippen LogP contribution >= 0.6 is 0 Å². The summed E-state index contributed by atoms with van der Waals surface area (Å²) in [6.07, 6.45) is 6.56. The monoisotopic (exact) mass is 703 g/mol. The molecule has 0 atom stereocenters. The minimum atomic E-state index is -2.94. The van der Waals surface area contributed by atoms with Crippen LogP contribution in [0.25, 0.3) is 11.1 Å². The van der Waals surface area contributed by atoms with E-state index in [1.807, 2.05) is 53.7 Å². The molecule has 2 saturated carbocycles. The third-order valence-electron chi connectivity index (χ3n) is 7.76. The summed E-state index contributed by atoms with van der Waals surface area (Å²) >= 11 is 0. The SMILES string of the molecule is C.C.C=C.CC(C)C(=O)OC1CCCC1.CC(C)C(C)C.CC(C)NS(=O)(=O)C1CC1.CC(C)ON=C1c2ccccc2-c2ccccc21. The number of fused-ring (bicyclic) bond motifs is 3. The molecule has 7 nitrogen and oxygen atoms in total. The minimum absolute atomic E-state index is 0. The smallest absolute Gasteiger partial charge is 0.308 e. The fraction of sp³-hybridized carbons (Fsp3) is 0.610. The third-order valence-corrected chi connectivity index (χ3v) is 9.91. The second-order valence-electron chi connectivity index (χ2n) is 13.7. The summed E-state index contributed by atoms with van der Waals surface area (Å²) < 4.78 is 30.0. The highest BCUT2D eigenvalue weighted by atomic mass is 32.2. The highest BCUT2D eigenvalue weighted by molar-refractivity contribution is 7.90. The lowest BCUT2D eigenvalue weighted by molar-refractivity contribution is -0.152. The summed E-state index contributed by atoms with van der Waals surface area (Å²) in [5, 5.41) is 4.23. The molecule has 5 rings (SSSR count). The number of esters is 1. The van der Waals surface area contributed by atoms with E-state index in [0.29, 0.717) is 0 Å². The molecule has 0 bridgehead atoms. The van der Waals surface area contributed by atoms with Gasteiger partial charge in [0.15, 0.2) is 0 Å². The van der Waals surface area contributed by atoms with E-state index in [1.165, 1.54) is 24.0 Å². The molecular weight excluding hydrogens is 633 g/mol. The number of nitrogens with one attached hydrogen (secondary N) is 1. The van der Waals surface area contributed by atoms with Gasteiger partial charge in [0.05, 0.1) is 11.2 Å². The van der Waals surface area contributed by atoms with Crippen LogP contribution in [0.5, 0.6) is 0 Å². The van der Waals surface area contributed by atoms with Crippen LogP contribution in [0.1, 0.15) is 134 Å². The van der Waals surface area contributed by atoms with Gasteiger partial charge in [-0.1, -0.05) is 110 Å². The first-order chi connectivity index (χ1) is 22.1. The van der Waals surface area contributed by atoms with Gasteiger partial charge in [-0.25, -0.2) is 13.1 Å². The average molecular weight is 703 g/mol. The van der Waals surface area contributed by atoms with Gasteiger partial charge in [0, 0.05) is 17.2 Å². The molecule has 2 aromatic rings. The first-order valence-electron chi connectivity index (χ1n) is 17.3. The topological polar surface area (TPSA) is 94.1 Å². The van der Waals surface area contributed by atoms with Crippen LogP contribution < -0.4 is 4.72 Å². The molecule has 3 aliphatic carbocycles. The van der Waals surface area contributed by atoms with Crippen LogP contribution in [-0.2, 0) is 24.4 Å². The van der Waals surface area contributed by atoms with E-state index in [1.54, 1.807) is 0 Å². The fourth-order valence-corrected chi connectivity index (χ4v) is 5.97. The van der Waals surface area contributed by atoms with E-state index >= 15 is 0 Å². The second-order valence-corrected chi connectivity index (χ2v) is 15.7. The largest absolute Gasteiger partial charge is 0.462 e. The van der Waals surface area contributed by atoms with Gasteiger partial charge in [0.2, 0.25) is 10.0 Å². The summed E-state index contributed by atoms with van der Waals surface area (Å²) in [4.78, 5) is 16.5. The molecule has 2 aromatic carbocycles. The van der Waals surface area contributed by atoms with Crippen molar-refractivity contribution >= 4 is 21.7 Å². The third kappa shape index (κ3) is 17.5. The zero-order chi connectivity index (χ0) is 35.7. The summed E-state index contributed by atoms with van der Waals surface area (Å²) in [7, 11) is -2.94. The number of oxime groups is 1. The highest BCUT2D eigenvalue weighted by Crippen LogP contribution is 2.36. The summed E-state index contributed by atoms with van der Waals surface area (Å²) in [6, 6.07) is 16.7. The number of hydrogen-bond acceptors (Lipinski definition) is 6. The van der Waals surface area contributed by atoms with Crippen molar-refractivity contribution in [3.63, 3.8) is 0 Å². The van der Waals surface area contributed by atoms with Crippen LogP contribution in [0, 0.1) is 17.8 Å². The lowest BCUT2D eigenvalue weighted by Gasteiger charge is -2.12. The number of nitrogens with zero attached hydrogens (tertiary/aromatic N) is 1. The van der Waals surface area contributed by atoms with Crippen molar-refractivity contribution < 1.29 is 22.8 Å². The van der Waals surface area contributed by atoms with E-state index < -0.39 is 10.0 Å². The van der Waals surface area contributed by atoms with Crippen LogP contribution in [0.2, 0.25) is 0 Å². The molecule has 0 aliphatic heterocycles. The first kappa shape index (κ1) is 48.1. The second kappa shape index (κ2) is 24.2. The molecule has 0 amide bonds. The number of rotatable bonds is 8. The Morgan fingerprint density at radius 3 is 1.47 bits per heavy atom. The van der Waals surface area contributed by atoms with Crippen molar-refractivity contribution in [3.8, 4) is 11.1 Å². The Morgan fingerprint density at radius 1 is 0.735 bits per heavy atom. The van der Waals surface area contributed by atoms with Gasteiger partial charge in [0.1, 0.15) is 17.9 Å². The number of hydrogen-bond donors (Lipinski definition) is 1. The van der Waals surface area contributed by atoms with Crippen LogP contribution in [0.15, 0.2) is 66.8 Å². The van der Waals surface area contributed by atoms with Gasteiger partial charge in [-0.3, -0.25) is 4.79 Å². The predicted molar refractivity (Wildman–Crippen MR) is 212 cm³/mol. The summed E-state index contributed by atoms with van der Waals surface area (Å²) in [5.74, 6) is 1.68. The van der Waals surface area contributed by atoms with Gasteiger partial charge < -0.3 is 9.57 Å². The van der Waals surface area contributed by atoms with Crippen molar-refractivity contribution in [2.75, 3.05) is 0 Å². The van der Waals surface area contributed by atoms with Gasteiger partial charge in [-0.2, -0.15) is 0 Å². The molecule has 1 N–H and O–H groups in total. The molecule has 2 fully saturated rings. The number of carbonyl (C=O) groups is 1. The van der Waals surface area contributed by atoms with Gasteiger partial charge >= 0.3 is 5.97 Å². The zero-order valence-corrected chi connectivity index (χ0v) is 31.5. The molecule has 3 aliphatic rings. The first-order valence-corrected chi connectivity index (χ1v) is 18.8. The summed E-state index contributed by atoms with van der Waals surface area (Å²) in [6.45, 7) is 26.3. The van der Waals surface area contributed by atoms with Crippen molar-refractivity contribution in [1.82, 2.24) is 4.72 Å². The maximum absolute atomic E-state index is 11.1. The van der Waals surface area contributed by atoms with E-state index in [-0.39, 0.29) is 50.2 Å². The van der Waals surface area contributed by atoms with Crippen molar-refractivity contribution in [1.29, 1.82) is 0 Å². The maximum Gasteiger partial charge on any atom is 0.308 e. The lowest BCUT2D eigenvalue weighted by Crippen LogP contribution is -2.32. The van der Waals surface area contributed by atoms with Crippen molar-refractivity contribution in [2.24, 2.45) is 22.9 Å². The van der Waals surface area contributed by atoms with E-state index in [4.69, 9.17) is 9.57 Å². The standard InChI is InChI=1S/C16H15NO.C9H16O2.C6H13NO2S.C6H14.C2H4.2CH4/c1-11(2)18-17-16-14-9-5-3-7-12(14)13-8-4-6-10-15(13)16;1-7(2)9(10)11-8-5-3-4-6-8;1-5(2)7-10(8,9)6-3-4-6;1-5(2)6(3)4;1-2;;/h3-11H,1-2H3;7-8H,3-6H2,1-2H3;5-7H,3-4H2,1-2H3;5-6H,1-4H3;1-2H2;2*1H4. The Bertz CT molecular complexity index is 1290. The van der Waals surface area contributed by atoms with Gasteiger partial charge in [-0.05, 0) is 89.2 Å². The van der Waals surface area contributed by atoms with Crippen LogP contribution in [-0.4, -0.2) is 43.6 Å². The quantitative estimate of drug-likeness (QED) is 0.143. The molecular formula is C41H70N2O5S. The molecule has 0 radical (unpaired) electrons. The average Bonchev–Trinajstić information content (AvgIpc) is 3.69. The Kier molecular flexibility index (Phi) is 23.8. The fourth-order valence-electron chi connectivity index (χ4n) is 4.36. The predicted octanol–water partition coefficient (Wildman–Crippen LogP) is 10.8. The number of sulfonamides is 1.